The molecule has 194 valence electrons. The Balaban J connectivity index is 1.04. The number of anilines is 1. The summed E-state index contributed by atoms with van der Waals surface area (Å²) in [5.41, 5.74) is 1.18. The third-order valence-electron chi connectivity index (χ3n) is 8.54. The molecule has 1 aromatic carbocycles. The number of benzene rings is 1. The Kier molecular flexibility index (Phi) is 6.43. The smallest absolute Gasteiger partial charge is 0.255 e. The van der Waals surface area contributed by atoms with Gasteiger partial charge in [0.25, 0.3) is 5.91 Å². The number of fused-ring (bicyclic) bond motifs is 1. The maximum Gasteiger partial charge on any atom is 0.255 e. The third-order valence-corrected chi connectivity index (χ3v) is 8.54. The highest BCUT2D eigenvalue weighted by atomic mass is 19.1. The molecule has 1 unspecified atom stereocenters. The van der Waals surface area contributed by atoms with Gasteiger partial charge in [0.1, 0.15) is 6.04 Å². The molecular weight excluding hydrogens is 465 g/mol. The summed E-state index contributed by atoms with van der Waals surface area (Å²) in [6, 6.07) is 3.19. The molecule has 9 nitrogen and oxygen atoms in total. The number of carbonyl (C=O) groups excluding carboxylic acids is 3. The summed E-state index contributed by atoms with van der Waals surface area (Å²) in [6.07, 6.45) is 5.58. The average molecular weight is 500 g/mol. The molecule has 5 aliphatic rings. The van der Waals surface area contributed by atoms with Crippen LogP contribution in [-0.4, -0.2) is 91.1 Å². The first kappa shape index (κ1) is 23.8. The van der Waals surface area contributed by atoms with Gasteiger partial charge in [0.2, 0.25) is 11.8 Å². The summed E-state index contributed by atoms with van der Waals surface area (Å²) >= 11 is 0. The Hall–Kier alpha value is -2.56. The quantitative estimate of drug-likeness (QED) is 0.584. The van der Waals surface area contributed by atoms with Crippen molar-refractivity contribution < 1.29 is 23.5 Å². The van der Waals surface area contributed by atoms with Gasteiger partial charge in [-0.15, -0.1) is 0 Å². The number of amides is 3. The Morgan fingerprint density at radius 1 is 0.944 bits per heavy atom. The van der Waals surface area contributed by atoms with Crippen molar-refractivity contribution in [3.63, 3.8) is 0 Å². The zero-order chi connectivity index (χ0) is 24.8. The average Bonchev–Trinajstić information content (AvgIpc) is 3.19. The molecular formula is C26H34FN5O4. The minimum absolute atomic E-state index is 0.0562. The number of rotatable bonds is 5. The first-order valence-electron chi connectivity index (χ1n) is 13.3. The highest BCUT2D eigenvalue weighted by molar-refractivity contribution is 6.05. The molecule has 1 aromatic rings. The standard InChI is InChI=1S/C26H34FN5O4/c27-24-20-15-32(22-3-4-23(33)29-25(22)34)26(35)19(20)1-2-21(24)31-11-9-30(10-12-31)16-13-18(14-16)36-17-5-7-28-8-6-17/h1-2,16-18,22,28H,3-15H2,(H,29,33,34)/t16-,18-,22?. The monoisotopic (exact) mass is 499 g/mol. The van der Waals surface area contributed by atoms with Gasteiger partial charge in [-0.1, -0.05) is 0 Å². The maximum absolute atomic E-state index is 15.6. The first-order chi connectivity index (χ1) is 17.5. The lowest BCUT2D eigenvalue weighted by molar-refractivity contribution is -0.136. The van der Waals surface area contributed by atoms with E-state index in [4.69, 9.17) is 4.74 Å². The van der Waals surface area contributed by atoms with E-state index in [0.717, 1.165) is 65.0 Å². The summed E-state index contributed by atoms with van der Waals surface area (Å²) in [4.78, 5) is 42.7. The van der Waals surface area contributed by atoms with Gasteiger partial charge in [-0.3, -0.25) is 24.6 Å². The number of piperidine rings is 2. The van der Waals surface area contributed by atoms with E-state index >= 15 is 4.39 Å². The van der Waals surface area contributed by atoms with Gasteiger partial charge in [0.05, 0.1) is 24.4 Å². The van der Waals surface area contributed by atoms with E-state index in [1.807, 2.05) is 0 Å². The normalized spacial score (nSPS) is 29.8. The molecule has 0 spiro atoms. The second kappa shape index (κ2) is 9.72. The summed E-state index contributed by atoms with van der Waals surface area (Å²) in [5, 5.41) is 5.66. The minimum Gasteiger partial charge on any atom is -0.375 e. The zero-order valence-electron chi connectivity index (χ0n) is 20.5. The molecule has 4 aliphatic heterocycles. The first-order valence-corrected chi connectivity index (χ1v) is 13.3. The molecule has 3 saturated heterocycles. The lowest BCUT2D eigenvalue weighted by Gasteiger charge is -2.47. The van der Waals surface area contributed by atoms with Crippen LogP contribution in [0.1, 0.15) is 54.4 Å². The van der Waals surface area contributed by atoms with E-state index in [1.54, 1.807) is 12.1 Å². The fourth-order valence-corrected chi connectivity index (χ4v) is 6.31. The summed E-state index contributed by atoms with van der Waals surface area (Å²) in [5.74, 6) is -1.53. The van der Waals surface area contributed by atoms with Crippen LogP contribution in [0.25, 0.3) is 0 Å². The highest BCUT2D eigenvalue weighted by Crippen LogP contribution is 2.35. The van der Waals surface area contributed by atoms with E-state index in [1.165, 1.54) is 4.90 Å². The van der Waals surface area contributed by atoms with E-state index in [0.29, 0.717) is 35.1 Å². The number of ether oxygens (including phenoxy) is 1. The van der Waals surface area contributed by atoms with Crippen molar-refractivity contribution in [3.05, 3.63) is 29.1 Å². The summed E-state index contributed by atoms with van der Waals surface area (Å²) in [7, 11) is 0. The molecule has 36 heavy (non-hydrogen) atoms. The topological polar surface area (TPSA) is 94.2 Å². The SMILES string of the molecule is O=C1CCC(N2Cc3c(ccc(N4CCN([C@H]5C[C@H](OC6CCNCC6)C5)CC4)c3F)C2=O)C(=O)N1. The predicted molar refractivity (Wildman–Crippen MR) is 130 cm³/mol. The van der Waals surface area contributed by atoms with E-state index in [2.05, 4.69) is 20.4 Å². The van der Waals surface area contributed by atoms with Crippen LogP contribution >= 0.6 is 0 Å². The van der Waals surface area contributed by atoms with Gasteiger partial charge in [0.15, 0.2) is 5.82 Å². The number of imide groups is 1. The summed E-state index contributed by atoms with van der Waals surface area (Å²) in [6.45, 7) is 5.37. The second-order valence-corrected chi connectivity index (χ2v) is 10.7. The molecule has 1 aliphatic carbocycles. The molecule has 0 bridgehead atoms. The molecule has 1 atom stereocenters. The van der Waals surface area contributed by atoms with Crippen LogP contribution in [0.2, 0.25) is 0 Å². The fourth-order valence-electron chi connectivity index (χ4n) is 6.31. The van der Waals surface area contributed by atoms with Crippen molar-refractivity contribution in [1.82, 2.24) is 20.4 Å². The van der Waals surface area contributed by atoms with Crippen LogP contribution in [0.4, 0.5) is 10.1 Å². The van der Waals surface area contributed by atoms with Gasteiger partial charge >= 0.3 is 0 Å². The van der Waals surface area contributed by atoms with E-state index < -0.39 is 11.9 Å². The van der Waals surface area contributed by atoms with Gasteiger partial charge in [-0.25, -0.2) is 4.39 Å². The van der Waals surface area contributed by atoms with Crippen LogP contribution in [0.15, 0.2) is 12.1 Å². The molecule has 6 rings (SSSR count). The Morgan fingerprint density at radius 2 is 1.69 bits per heavy atom. The largest absolute Gasteiger partial charge is 0.375 e. The molecule has 0 radical (unpaired) electrons. The van der Waals surface area contributed by atoms with Crippen LogP contribution < -0.4 is 15.5 Å². The van der Waals surface area contributed by atoms with Crippen molar-refractivity contribution in [2.45, 2.75) is 69.4 Å². The molecule has 10 heteroatoms. The van der Waals surface area contributed by atoms with Gasteiger partial charge in [-0.2, -0.15) is 0 Å². The number of hydrogen-bond donors (Lipinski definition) is 2. The predicted octanol–water partition coefficient (Wildman–Crippen LogP) is 1.01. The minimum atomic E-state index is -0.737. The van der Waals surface area contributed by atoms with Crippen molar-refractivity contribution in [1.29, 1.82) is 0 Å². The zero-order valence-corrected chi connectivity index (χ0v) is 20.5. The van der Waals surface area contributed by atoms with Gasteiger partial charge < -0.3 is 19.9 Å². The van der Waals surface area contributed by atoms with Crippen molar-refractivity contribution in [3.8, 4) is 0 Å². The van der Waals surface area contributed by atoms with Crippen LogP contribution in [0, 0.1) is 5.82 Å². The molecule has 1 saturated carbocycles. The van der Waals surface area contributed by atoms with Crippen LogP contribution in [0.3, 0.4) is 0 Å². The number of piperazine rings is 1. The molecule has 4 fully saturated rings. The fraction of sp³-hybridized carbons (Fsp3) is 0.654. The highest BCUT2D eigenvalue weighted by Gasteiger charge is 2.41. The number of nitrogens with zero attached hydrogens (tertiary/aromatic N) is 3. The Morgan fingerprint density at radius 3 is 2.42 bits per heavy atom. The number of hydrogen-bond acceptors (Lipinski definition) is 7. The van der Waals surface area contributed by atoms with E-state index in [9.17, 15) is 14.4 Å². The van der Waals surface area contributed by atoms with Crippen LogP contribution in [-0.2, 0) is 20.9 Å². The number of halogens is 1. The lowest BCUT2D eigenvalue weighted by atomic mass is 9.87. The van der Waals surface area contributed by atoms with Gasteiger partial charge in [-0.05, 0) is 57.3 Å². The third kappa shape index (κ3) is 4.39. The van der Waals surface area contributed by atoms with Crippen molar-refractivity contribution in [2.24, 2.45) is 0 Å². The van der Waals surface area contributed by atoms with Crippen molar-refractivity contribution in [2.75, 3.05) is 44.2 Å². The summed E-state index contributed by atoms with van der Waals surface area (Å²) < 4.78 is 21.9. The Labute approximate surface area is 210 Å². The molecule has 3 amide bonds. The molecule has 4 heterocycles. The maximum atomic E-state index is 15.6. The number of carbonyl (C=O) groups is 3. The van der Waals surface area contributed by atoms with E-state index in [-0.39, 0.29) is 37.0 Å². The van der Waals surface area contributed by atoms with Gasteiger partial charge in [0, 0.05) is 49.8 Å². The lowest BCUT2D eigenvalue weighted by Crippen LogP contribution is -2.56. The molecule has 0 aromatic heterocycles. The van der Waals surface area contributed by atoms with Crippen LogP contribution in [0.5, 0.6) is 0 Å². The number of nitrogens with one attached hydrogen (secondary N) is 2. The van der Waals surface area contributed by atoms with Crippen molar-refractivity contribution >= 4 is 23.4 Å². The molecule has 2 N–H and O–H groups in total. The second-order valence-electron chi connectivity index (χ2n) is 10.7. The Bertz CT molecular complexity index is 1050.